The van der Waals surface area contributed by atoms with E-state index in [1.165, 1.54) is 0 Å². The van der Waals surface area contributed by atoms with Crippen LogP contribution in [-0.2, 0) is 9.59 Å². The number of nitrogens with zero attached hydrogens (tertiary/aromatic N) is 1. The Balaban J connectivity index is 1.75. The van der Waals surface area contributed by atoms with Crippen LogP contribution < -0.4 is 10.6 Å². The number of anilines is 1. The minimum Gasteiger partial charge on any atom is -0.323 e. The zero-order chi connectivity index (χ0) is 19.1. The number of urea groups is 1. The quantitative estimate of drug-likeness (QED) is 0.762. The van der Waals surface area contributed by atoms with Crippen LogP contribution in [0, 0.1) is 12.8 Å². The molecule has 2 fully saturated rings. The number of amides is 4. The average molecular weight is 398 g/mol. The highest BCUT2D eigenvalue weighted by molar-refractivity contribution is 6.40. The second kappa shape index (κ2) is 7.08. The molecule has 8 heteroatoms. The third kappa shape index (κ3) is 3.16. The van der Waals surface area contributed by atoms with Crippen LogP contribution in [0.15, 0.2) is 12.1 Å². The van der Waals surface area contributed by atoms with Gasteiger partial charge in [-0.15, -0.1) is 0 Å². The molecular formula is C18H21Cl2N3O3. The SMILES string of the molecule is Cc1ccc(Cl)c(NC(=O)CN2C(=O)N[C@@]3(CCCC[C@@H]3C)C2=O)c1Cl. The molecule has 0 unspecified atom stereocenters. The summed E-state index contributed by atoms with van der Waals surface area (Å²) in [7, 11) is 0. The summed E-state index contributed by atoms with van der Waals surface area (Å²) in [6.45, 7) is 3.38. The molecule has 6 nitrogen and oxygen atoms in total. The van der Waals surface area contributed by atoms with Crippen molar-refractivity contribution in [2.75, 3.05) is 11.9 Å². The Morgan fingerprint density at radius 1 is 1.35 bits per heavy atom. The van der Waals surface area contributed by atoms with E-state index in [0.717, 1.165) is 29.7 Å². The van der Waals surface area contributed by atoms with E-state index in [1.807, 2.05) is 6.92 Å². The third-order valence-electron chi connectivity index (χ3n) is 5.35. The van der Waals surface area contributed by atoms with E-state index in [0.29, 0.717) is 16.5 Å². The summed E-state index contributed by atoms with van der Waals surface area (Å²) < 4.78 is 0. The summed E-state index contributed by atoms with van der Waals surface area (Å²) in [6.07, 6.45) is 3.40. The Kier molecular flexibility index (Phi) is 5.17. The molecule has 1 spiro atoms. The van der Waals surface area contributed by atoms with Gasteiger partial charge in [0, 0.05) is 0 Å². The maximum absolute atomic E-state index is 12.9. The van der Waals surface area contributed by atoms with Gasteiger partial charge in [0.25, 0.3) is 5.91 Å². The van der Waals surface area contributed by atoms with Gasteiger partial charge in [0.05, 0.1) is 15.7 Å². The van der Waals surface area contributed by atoms with Crippen LogP contribution >= 0.6 is 23.2 Å². The zero-order valence-corrected chi connectivity index (χ0v) is 16.2. The zero-order valence-electron chi connectivity index (χ0n) is 14.7. The van der Waals surface area contributed by atoms with Crippen molar-refractivity contribution in [3.05, 3.63) is 27.7 Å². The Bertz CT molecular complexity index is 783. The van der Waals surface area contributed by atoms with Crippen LogP contribution in [0.5, 0.6) is 0 Å². The number of rotatable bonds is 3. The van der Waals surface area contributed by atoms with Crippen molar-refractivity contribution in [3.8, 4) is 0 Å². The molecule has 1 aliphatic heterocycles. The van der Waals surface area contributed by atoms with Gasteiger partial charge in [0.1, 0.15) is 12.1 Å². The second-order valence-corrected chi connectivity index (χ2v) is 7.83. The number of carbonyl (C=O) groups is 3. The topological polar surface area (TPSA) is 78.5 Å². The van der Waals surface area contributed by atoms with E-state index in [-0.39, 0.29) is 24.1 Å². The molecule has 1 saturated heterocycles. The minimum absolute atomic E-state index is 0.0430. The highest BCUT2D eigenvalue weighted by atomic mass is 35.5. The number of hydrogen-bond donors (Lipinski definition) is 2. The maximum Gasteiger partial charge on any atom is 0.325 e. The molecular weight excluding hydrogens is 377 g/mol. The first-order valence-electron chi connectivity index (χ1n) is 8.65. The van der Waals surface area contributed by atoms with E-state index in [1.54, 1.807) is 19.1 Å². The van der Waals surface area contributed by atoms with Crippen molar-refractivity contribution >= 4 is 46.7 Å². The summed E-state index contributed by atoms with van der Waals surface area (Å²) in [6, 6.07) is 2.84. The van der Waals surface area contributed by atoms with Gasteiger partial charge in [-0.25, -0.2) is 4.79 Å². The molecule has 26 heavy (non-hydrogen) atoms. The van der Waals surface area contributed by atoms with E-state index in [4.69, 9.17) is 23.2 Å². The first kappa shape index (κ1) is 19.0. The molecule has 1 heterocycles. The average Bonchev–Trinajstić information content (AvgIpc) is 2.83. The van der Waals surface area contributed by atoms with E-state index in [2.05, 4.69) is 10.6 Å². The molecule has 2 aliphatic rings. The van der Waals surface area contributed by atoms with Crippen molar-refractivity contribution in [1.29, 1.82) is 0 Å². The number of aryl methyl sites for hydroxylation is 1. The minimum atomic E-state index is -0.881. The van der Waals surface area contributed by atoms with Gasteiger partial charge in [-0.3, -0.25) is 14.5 Å². The van der Waals surface area contributed by atoms with Gasteiger partial charge >= 0.3 is 6.03 Å². The fourth-order valence-corrected chi connectivity index (χ4v) is 4.20. The molecule has 1 aromatic rings. The van der Waals surface area contributed by atoms with Gasteiger partial charge in [-0.1, -0.05) is 49.0 Å². The van der Waals surface area contributed by atoms with Crippen LogP contribution in [0.1, 0.15) is 38.2 Å². The Morgan fingerprint density at radius 3 is 2.77 bits per heavy atom. The standard InChI is InChI=1S/C18H21Cl2N3O3/c1-10-6-7-12(19)15(14(10)20)21-13(24)9-23-16(25)18(22-17(23)26)8-4-3-5-11(18)2/h6-7,11H,3-5,8-9H2,1-2H3,(H,21,24)(H,22,26)/t11-,18+/m0/s1. The Labute approximate surface area is 162 Å². The fourth-order valence-electron chi connectivity index (χ4n) is 3.73. The Hall–Kier alpha value is -1.79. The van der Waals surface area contributed by atoms with Crippen molar-refractivity contribution in [2.45, 2.75) is 45.1 Å². The van der Waals surface area contributed by atoms with Crippen LogP contribution in [-0.4, -0.2) is 34.8 Å². The lowest BCUT2D eigenvalue weighted by Crippen LogP contribution is -2.54. The van der Waals surface area contributed by atoms with Gasteiger partial charge in [-0.2, -0.15) is 0 Å². The highest BCUT2D eigenvalue weighted by Gasteiger charge is 2.55. The lowest BCUT2D eigenvalue weighted by Gasteiger charge is -2.36. The monoisotopic (exact) mass is 397 g/mol. The molecule has 1 aromatic carbocycles. The first-order valence-corrected chi connectivity index (χ1v) is 9.40. The second-order valence-electron chi connectivity index (χ2n) is 7.04. The molecule has 0 radical (unpaired) electrons. The molecule has 2 N–H and O–H groups in total. The van der Waals surface area contributed by atoms with Crippen LogP contribution in [0.4, 0.5) is 10.5 Å². The largest absolute Gasteiger partial charge is 0.325 e. The van der Waals surface area contributed by atoms with E-state index in [9.17, 15) is 14.4 Å². The first-order chi connectivity index (χ1) is 12.3. The van der Waals surface area contributed by atoms with Gasteiger partial charge in [0.15, 0.2) is 0 Å². The molecule has 0 aromatic heterocycles. The lowest BCUT2D eigenvalue weighted by atomic mass is 9.73. The molecule has 1 saturated carbocycles. The lowest BCUT2D eigenvalue weighted by molar-refractivity contribution is -0.136. The van der Waals surface area contributed by atoms with Crippen molar-refractivity contribution in [1.82, 2.24) is 10.2 Å². The highest BCUT2D eigenvalue weighted by Crippen LogP contribution is 2.38. The number of imide groups is 1. The molecule has 140 valence electrons. The Morgan fingerprint density at radius 2 is 2.08 bits per heavy atom. The molecule has 1 aliphatic carbocycles. The fraction of sp³-hybridized carbons (Fsp3) is 0.500. The summed E-state index contributed by atoms with van der Waals surface area (Å²) in [4.78, 5) is 38.6. The third-order valence-corrected chi connectivity index (χ3v) is 6.15. The van der Waals surface area contributed by atoms with Gasteiger partial charge in [-0.05, 0) is 37.3 Å². The van der Waals surface area contributed by atoms with Crippen LogP contribution in [0.3, 0.4) is 0 Å². The predicted octanol–water partition coefficient (Wildman–Crippen LogP) is 3.74. The van der Waals surface area contributed by atoms with E-state index < -0.39 is 17.5 Å². The van der Waals surface area contributed by atoms with Crippen molar-refractivity contribution in [3.63, 3.8) is 0 Å². The molecule has 4 amide bonds. The van der Waals surface area contributed by atoms with Crippen molar-refractivity contribution < 1.29 is 14.4 Å². The predicted molar refractivity (Wildman–Crippen MR) is 100 cm³/mol. The van der Waals surface area contributed by atoms with Gasteiger partial charge < -0.3 is 10.6 Å². The number of nitrogens with one attached hydrogen (secondary N) is 2. The summed E-state index contributed by atoms with van der Waals surface area (Å²) in [5.41, 5.74) is 0.163. The molecule has 2 atom stereocenters. The molecule has 3 rings (SSSR count). The van der Waals surface area contributed by atoms with Crippen LogP contribution in [0.25, 0.3) is 0 Å². The van der Waals surface area contributed by atoms with Gasteiger partial charge in [0.2, 0.25) is 5.91 Å². The van der Waals surface area contributed by atoms with Crippen molar-refractivity contribution in [2.24, 2.45) is 5.92 Å². The summed E-state index contributed by atoms with van der Waals surface area (Å²) in [5, 5.41) is 6.07. The van der Waals surface area contributed by atoms with E-state index >= 15 is 0 Å². The summed E-state index contributed by atoms with van der Waals surface area (Å²) in [5.74, 6) is -0.809. The number of halogens is 2. The maximum atomic E-state index is 12.9. The van der Waals surface area contributed by atoms with Crippen LogP contribution in [0.2, 0.25) is 10.0 Å². The number of hydrogen-bond acceptors (Lipinski definition) is 3. The normalized spacial score (nSPS) is 25.5. The smallest absolute Gasteiger partial charge is 0.323 e. The number of benzene rings is 1. The molecule has 0 bridgehead atoms. The summed E-state index contributed by atoms with van der Waals surface area (Å²) >= 11 is 12.3. The number of carbonyl (C=O) groups excluding carboxylic acids is 3.